The van der Waals surface area contributed by atoms with E-state index in [0.29, 0.717) is 23.6 Å². The Bertz CT molecular complexity index is 662. The molecule has 0 spiro atoms. The summed E-state index contributed by atoms with van der Waals surface area (Å²) < 4.78 is 0. The van der Waals surface area contributed by atoms with Gasteiger partial charge in [-0.2, -0.15) is 5.10 Å². The molecule has 0 saturated carbocycles. The minimum absolute atomic E-state index is 0.0620. The quantitative estimate of drug-likeness (QED) is 0.902. The number of thioether (sulfide) groups is 1. The third-order valence-corrected chi connectivity index (χ3v) is 5.14. The maximum absolute atomic E-state index is 12.4. The average Bonchev–Trinajstić information content (AvgIpc) is 2.50. The lowest BCUT2D eigenvalue weighted by Crippen LogP contribution is -2.39. The zero-order valence-electron chi connectivity index (χ0n) is 12.1. The maximum atomic E-state index is 12.4. The molecule has 116 valence electrons. The number of hydrazone groups is 1. The Morgan fingerprint density at radius 3 is 3.05 bits per heavy atom. The number of hydrogen-bond acceptors (Lipinski definition) is 4. The molecule has 0 unspecified atom stereocenters. The van der Waals surface area contributed by atoms with Gasteiger partial charge in [0.15, 0.2) is 0 Å². The molecule has 2 aliphatic rings. The minimum atomic E-state index is -0.206. The van der Waals surface area contributed by atoms with Gasteiger partial charge in [0, 0.05) is 35.6 Å². The predicted molar refractivity (Wildman–Crippen MR) is 87.1 cm³/mol. The van der Waals surface area contributed by atoms with E-state index < -0.39 is 0 Å². The van der Waals surface area contributed by atoms with Gasteiger partial charge in [-0.25, -0.2) is 5.01 Å². The van der Waals surface area contributed by atoms with Crippen molar-refractivity contribution in [1.82, 2.24) is 10.3 Å². The lowest BCUT2D eigenvalue weighted by atomic mass is 10.0. The van der Waals surface area contributed by atoms with Crippen LogP contribution in [0.4, 0.5) is 0 Å². The predicted octanol–water partition coefficient (Wildman–Crippen LogP) is 2.60. The number of halogens is 1. The van der Waals surface area contributed by atoms with Gasteiger partial charge in [-0.3, -0.25) is 9.59 Å². The van der Waals surface area contributed by atoms with Crippen LogP contribution in [-0.4, -0.2) is 35.3 Å². The average molecular weight is 338 g/mol. The number of benzene rings is 1. The number of amides is 2. The standard InChI is InChI=1S/C15H16ClN3O2S/c1-19-14(20)5-3-12(18-19)15(21)17-11-6-7-22-13-4-2-9(16)8-10(11)13/h2,4,8,11H,3,5-7H2,1H3,(H,17,21)/t11-/m1/s1. The molecule has 2 aliphatic heterocycles. The van der Waals surface area contributed by atoms with Gasteiger partial charge in [-0.05, 0) is 30.2 Å². The van der Waals surface area contributed by atoms with Gasteiger partial charge in [-0.1, -0.05) is 11.6 Å². The van der Waals surface area contributed by atoms with Gasteiger partial charge in [0.05, 0.1) is 6.04 Å². The smallest absolute Gasteiger partial charge is 0.267 e. The molecule has 1 atom stereocenters. The molecule has 1 aromatic rings. The van der Waals surface area contributed by atoms with Crippen molar-refractivity contribution in [2.75, 3.05) is 12.8 Å². The van der Waals surface area contributed by atoms with E-state index in [1.807, 2.05) is 18.2 Å². The molecular formula is C15H16ClN3O2S. The van der Waals surface area contributed by atoms with Crippen molar-refractivity contribution in [2.24, 2.45) is 5.10 Å². The van der Waals surface area contributed by atoms with Crippen LogP contribution in [0.15, 0.2) is 28.2 Å². The van der Waals surface area contributed by atoms with Crippen LogP contribution in [0.25, 0.3) is 0 Å². The molecule has 0 saturated heterocycles. The SMILES string of the molecule is CN1N=C(C(=O)N[C@@H]2CCSc3ccc(Cl)cc32)CCC1=O. The molecule has 0 aliphatic carbocycles. The van der Waals surface area contributed by atoms with E-state index in [1.54, 1.807) is 18.8 Å². The van der Waals surface area contributed by atoms with Crippen LogP contribution in [0.5, 0.6) is 0 Å². The van der Waals surface area contributed by atoms with Crippen molar-refractivity contribution in [2.45, 2.75) is 30.2 Å². The normalized spacial score (nSPS) is 21.2. The van der Waals surface area contributed by atoms with Crippen molar-refractivity contribution >= 4 is 40.9 Å². The molecule has 5 nitrogen and oxygen atoms in total. The fraction of sp³-hybridized carbons (Fsp3) is 0.400. The first-order chi connectivity index (χ1) is 10.5. The van der Waals surface area contributed by atoms with Crippen LogP contribution in [0.2, 0.25) is 5.02 Å². The molecule has 1 N–H and O–H groups in total. The highest BCUT2D eigenvalue weighted by Crippen LogP contribution is 2.37. The molecule has 0 bridgehead atoms. The Morgan fingerprint density at radius 2 is 2.27 bits per heavy atom. The van der Waals surface area contributed by atoms with Crippen molar-refractivity contribution < 1.29 is 9.59 Å². The van der Waals surface area contributed by atoms with E-state index in [1.165, 1.54) is 5.01 Å². The molecule has 3 rings (SSSR count). The monoisotopic (exact) mass is 337 g/mol. The molecular weight excluding hydrogens is 322 g/mol. The first kappa shape index (κ1) is 15.4. The highest BCUT2D eigenvalue weighted by Gasteiger charge is 2.27. The van der Waals surface area contributed by atoms with E-state index in [9.17, 15) is 9.59 Å². The summed E-state index contributed by atoms with van der Waals surface area (Å²) in [4.78, 5) is 25.0. The number of nitrogens with one attached hydrogen (secondary N) is 1. The van der Waals surface area contributed by atoms with E-state index in [4.69, 9.17) is 11.6 Å². The topological polar surface area (TPSA) is 61.8 Å². The van der Waals surface area contributed by atoms with Gasteiger partial charge in [0.25, 0.3) is 5.91 Å². The molecule has 0 aromatic heterocycles. The van der Waals surface area contributed by atoms with Crippen LogP contribution in [-0.2, 0) is 9.59 Å². The highest BCUT2D eigenvalue weighted by atomic mass is 35.5. The summed E-state index contributed by atoms with van der Waals surface area (Å²) in [6.07, 6.45) is 1.57. The second-order valence-electron chi connectivity index (χ2n) is 5.31. The Morgan fingerprint density at radius 1 is 1.45 bits per heavy atom. The van der Waals surface area contributed by atoms with E-state index in [2.05, 4.69) is 10.4 Å². The second-order valence-corrected chi connectivity index (χ2v) is 6.88. The fourth-order valence-corrected chi connectivity index (χ4v) is 3.88. The lowest BCUT2D eigenvalue weighted by molar-refractivity contribution is -0.130. The maximum Gasteiger partial charge on any atom is 0.267 e. The zero-order valence-corrected chi connectivity index (χ0v) is 13.7. The number of carbonyl (C=O) groups is 2. The molecule has 22 heavy (non-hydrogen) atoms. The van der Waals surface area contributed by atoms with Crippen molar-refractivity contribution in [3.05, 3.63) is 28.8 Å². The molecule has 0 radical (unpaired) electrons. The van der Waals surface area contributed by atoms with Crippen molar-refractivity contribution in [1.29, 1.82) is 0 Å². The Kier molecular flexibility index (Phi) is 4.40. The minimum Gasteiger partial charge on any atom is -0.344 e. The highest BCUT2D eigenvalue weighted by molar-refractivity contribution is 7.99. The van der Waals surface area contributed by atoms with Crippen LogP contribution in [0, 0.1) is 0 Å². The van der Waals surface area contributed by atoms with Crippen molar-refractivity contribution in [3.63, 3.8) is 0 Å². The number of carbonyl (C=O) groups excluding carboxylic acids is 2. The third kappa shape index (κ3) is 3.13. The van der Waals surface area contributed by atoms with Crippen LogP contribution in [0.3, 0.4) is 0 Å². The van der Waals surface area contributed by atoms with Gasteiger partial charge in [0.1, 0.15) is 5.71 Å². The van der Waals surface area contributed by atoms with Gasteiger partial charge >= 0.3 is 0 Å². The second kappa shape index (κ2) is 6.30. The number of hydrogen-bond donors (Lipinski definition) is 1. The first-order valence-corrected chi connectivity index (χ1v) is 8.48. The molecule has 0 fully saturated rings. The Labute approximate surface area is 138 Å². The van der Waals surface area contributed by atoms with Crippen LogP contribution < -0.4 is 5.32 Å². The van der Waals surface area contributed by atoms with Gasteiger partial charge < -0.3 is 5.32 Å². The summed E-state index contributed by atoms with van der Waals surface area (Å²) in [5, 5.41) is 8.99. The third-order valence-electron chi connectivity index (χ3n) is 3.79. The molecule has 7 heteroatoms. The first-order valence-electron chi connectivity index (χ1n) is 7.12. The summed E-state index contributed by atoms with van der Waals surface area (Å²) in [7, 11) is 1.57. The largest absolute Gasteiger partial charge is 0.344 e. The van der Waals surface area contributed by atoms with Crippen molar-refractivity contribution in [3.8, 4) is 0 Å². The molecule has 2 amide bonds. The lowest BCUT2D eigenvalue weighted by Gasteiger charge is -2.27. The summed E-state index contributed by atoms with van der Waals surface area (Å²) in [6, 6.07) is 5.70. The Balaban J connectivity index is 1.77. The summed E-state index contributed by atoms with van der Waals surface area (Å²) >= 11 is 7.84. The fourth-order valence-electron chi connectivity index (χ4n) is 2.59. The molecule has 1 aromatic carbocycles. The van der Waals surface area contributed by atoms with E-state index >= 15 is 0 Å². The summed E-state index contributed by atoms with van der Waals surface area (Å²) in [6.45, 7) is 0. The number of nitrogens with zero attached hydrogens (tertiary/aromatic N) is 2. The number of fused-ring (bicyclic) bond motifs is 1. The van der Waals surface area contributed by atoms with Gasteiger partial charge in [0.2, 0.25) is 5.91 Å². The van der Waals surface area contributed by atoms with Crippen LogP contribution >= 0.6 is 23.4 Å². The van der Waals surface area contributed by atoms with Gasteiger partial charge in [-0.15, -0.1) is 11.8 Å². The van der Waals surface area contributed by atoms with E-state index in [-0.39, 0.29) is 17.9 Å². The zero-order chi connectivity index (χ0) is 15.7. The summed E-state index contributed by atoms with van der Waals surface area (Å²) in [5.74, 6) is 0.676. The molecule has 2 heterocycles. The number of rotatable bonds is 2. The Hall–Kier alpha value is -1.53. The van der Waals surface area contributed by atoms with Crippen LogP contribution in [0.1, 0.15) is 30.9 Å². The van der Waals surface area contributed by atoms with E-state index in [0.717, 1.165) is 22.6 Å². The summed E-state index contributed by atoms with van der Waals surface area (Å²) in [5.41, 5.74) is 1.46.